The fourth-order valence-electron chi connectivity index (χ4n) is 5.53. The summed E-state index contributed by atoms with van der Waals surface area (Å²) in [7, 11) is 1.62. The van der Waals surface area contributed by atoms with Crippen molar-refractivity contribution >= 4 is 41.4 Å². The number of halogens is 2. The molecule has 2 unspecified atom stereocenters. The third-order valence-corrected chi connectivity index (χ3v) is 8.11. The van der Waals surface area contributed by atoms with Gasteiger partial charge in [0.2, 0.25) is 0 Å². The van der Waals surface area contributed by atoms with Gasteiger partial charge in [0.25, 0.3) is 0 Å². The third kappa shape index (κ3) is 5.98. The van der Waals surface area contributed by atoms with Crippen molar-refractivity contribution in [1.29, 1.82) is 0 Å². The maximum Gasteiger partial charge on any atom is 0.416 e. The lowest BCUT2D eigenvalue weighted by molar-refractivity contribution is 0.135. The van der Waals surface area contributed by atoms with Crippen LogP contribution < -0.4 is 24.8 Å². The van der Waals surface area contributed by atoms with E-state index >= 15 is 0 Å². The minimum atomic E-state index is -0.449. The molecular weight excluding hydrogens is 577 g/mol. The van der Waals surface area contributed by atoms with Gasteiger partial charge in [-0.15, -0.1) is 11.6 Å². The summed E-state index contributed by atoms with van der Waals surface area (Å²) in [4.78, 5) is 23.0. The number of fused-ring (bicyclic) bond motifs is 3. The third-order valence-electron chi connectivity index (χ3n) is 7.55. The van der Waals surface area contributed by atoms with Crippen LogP contribution in [0, 0.1) is 0 Å². The van der Waals surface area contributed by atoms with E-state index in [4.69, 9.17) is 37.4 Å². The molecule has 218 valence electrons. The zero-order valence-corrected chi connectivity index (χ0v) is 24.6. The first-order valence-corrected chi connectivity index (χ1v) is 14.8. The van der Waals surface area contributed by atoms with E-state index in [-0.39, 0.29) is 5.38 Å². The molecule has 1 amide bonds. The normalized spacial score (nSPS) is 17.5. The Kier molecular flexibility index (Phi) is 8.39. The summed E-state index contributed by atoms with van der Waals surface area (Å²) in [5.74, 6) is 1.67. The van der Waals surface area contributed by atoms with Crippen molar-refractivity contribution in [3.8, 4) is 17.2 Å². The average molecular weight is 609 g/mol. The maximum atomic E-state index is 13.6. The SMILES string of the molecule is COc1ccc(C2c3[nH]c4c(c3CCN2C(=O)Oc2ccc(Cl)cc2)=CC(Cl)CC=4)cc1OCCCCn1cncn1. The molecule has 0 radical (unpaired) electrons. The molecule has 2 aromatic carbocycles. The molecule has 4 aromatic rings. The number of ether oxygens (including phenoxy) is 3. The molecule has 11 heteroatoms. The zero-order chi connectivity index (χ0) is 29.1. The number of nitrogens with one attached hydrogen (secondary N) is 1. The van der Waals surface area contributed by atoms with Gasteiger partial charge in [-0.25, -0.2) is 9.78 Å². The summed E-state index contributed by atoms with van der Waals surface area (Å²) < 4.78 is 19.4. The van der Waals surface area contributed by atoms with Crippen LogP contribution in [0.2, 0.25) is 5.02 Å². The molecule has 0 bridgehead atoms. The molecule has 2 aliphatic rings. The minimum Gasteiger partial charge on any atom is -0.493 e. The van der Waals surface area contributed by atoms with Crippen LogP contribution in [0.15, 0.2) is 55.1 Å². The smallest absolute Gasteiger partial charge is 0.416 e. The predicted molar refractivity (Wildman–Crippen MR) is 161 cm³/mol. The number of H-pyrrole nitrogens is 1. The van der Waals surface area contributed by atoms with Crippen LogP contribution in [0.4, 0.5) is 4.79 Å². The van der Waals surface area contributed by atoms with E-state index < -0.39 is 12.1 Å². The second-order valence-corrected chi connectivity index (χ2v) is 11.3. The van der Waals surface area contributed by atoms with Gasteiger partial charge in [-0.3, -0.25) is 9.58 Å². The highest BCUT2D eigenvalue weighted by molar-refractivity contribution is 6.30. The number of amides is 1. The van der Waals surface area contributed by atoms with Gasteiger partial charge in [0.05, 0.1) is 19.1 Å². The van der Waals surface area contributed by atoms with Crippen LogP contribution in [-0.2, 0) is 13.0 Å². The van der Waals surface area contributed by atoms with Crippen LogP contribution in [0.3, 0.4) is 0 Å². The Labute approximate surface area is 253 Å². The Morgan fingerprint density at radius 2 is 2.00 bits per heavy atom. The number of alkyl halides is 1. The first kappa shape index (κ1) is 28.2. The fourth-order valence-corrected chi connectivity index (χ4v) is 5.87. The lowest BCUT2D eigenvalue weighted by Crippen LogP contribution is -2.43. The summed E-state index contributed by atoms with van der Waals surface area (Å²) in [6.45, 7) is 1.75. The van der Waals surface area contributed by atoms with Crippen molar-refractivity contribution in [1.82, 2.24) is 24.6 Å². The minimum absolute atomic E-state index is 0.0608. The summed E-state index contributed by atoms with van der Waals surface area (Å²) in [5, 5.41) is 6.80. The van der Waals surface area contributed by atoms with Crippen LogP contribution >= 0.6 is 23.2 Å². The van der Waals surface area contributed by atoms with Gasteiger partial charge in [0.15, 0.2) is 11.5 Å². The van der Waals surface area contributed by atoms with E-state index in [9.17, 15) is 4.79 Å². The average Bonchev–Trinajstić information content (AvgIpc) is 3.65. The van der Waals surface area contributed by atoms with E-state index in [0.717, 1.165) is 47.6 Å². The van der Waals surface area contributed by atoms with E-state index in [1.54, 1.807) is 47.3 Å². The second kappa shape index (κ2) is 12.5. The van der Waals surface area contributed by atoms with Crippen LogP contribution in [0.25, 0.3) is 12.2 Å². The van der Waals surface area contributed by atoms with Crippen molar-refractivity contribution in [2.75, 3.05) is 20.3 Å². The number of carbonyl (C=O) groups excluding carboxylic acids is 1. The van der Waals surface area contributed by atoms with Gasteiger partial charge in [-0.2, -0.15) is 5.10 Å². The van der Waals surface area contributed by atoms with Crippen molar-refractivity contribution in [2.24, 2.45) is 0 Å². The number of rotatable bonds is 9. The Morgan fingerprint density at radius 1 is 1.14 bits per heavy atom. The molecule has 2 aromatic heterocycles. The van der Waals surface area contributed by atoms with E-state index in [1.165, 1.54) is 11.9 Å². The standard InChI is InChI=1S/C31H31Cl2N5O4/c1-40-27-11-4-20(16-28(27)41-15-3-2-13-37-19-34-18-35-37)30-29-24(25-17-22(33)7-10-26(25)36-29)12-14-38(30)31(39)42-23-8-5-21(32)6-9-23/h4-6,8-11,16-19,22,30,36H,2-3,7,12-15H2,1H3. The largest absolute Gasteiger partial charge is 0.493 e. The molecule has 1 N–H and O–H groups in total. The van der Waals surface area contributed by atoms with E-state index in [1.807, 2.05) is 18.2 Å². The van der Waals surface area contributed by atoms with Crippen molar-refractivity contribution in [2.45, 2.75) is 43.6 Å². The van der Waals surface area contributed by atoms with Gasteiger partial charge >= 0.3 is 6.09 Å². The summed E-state index contributed by atoms with van der Waals surface area (Å²) >= 11 is 12.5. The Hall–Kier alpha value is -3.95. The molecule has 0 fully saturated rings. The number of aryl methyl sites for hydroxylation is 1. The molecule has 0 saturated carbocycles. The number of unbranched alkanes of at least 4 members (excludes halogenated alkanes) is 1. The number of aromatic nitrogens is 4. The zero-order valence-electron chi connectivity index (χ0n) is 23.1. The highest BCUT2D eigenvalue weighted by Gasteiger charge is 2.36. The van der Waals surface area contributed by atoms with Crippen LogP contribution in [-0.4, -0.2) is 56.4 Å². The fraction of sp³-hybridized carbons (Fsp3) is 0.323. The molecule has 6 rings (SSSR count). The number of methoxy groups -OCH3 is 1. The molecule has 2 atom stereocenters. The summed E-state index contributed by atoms with van der Waals surface area (Å²) in [6, 6.07) is 12.1. The molecule has 0 saturated heterocycles. The van der Waals surface area contributed by atoms with Gasteiger partial charge in [0, 0.05) is 34.4 Å². The predicted octanol–water partition coefficient (Wildman–Crippen LogP) is 4.85. The first-order valence-electron chi connectivity index (χ1n) is 13.9. The molecule has 42 heavy (non-hydrogen) atoms. The molecule has 1 aliphatic carbocycles. The second-order valence-electron chi connectivity index (χ2n) is 10.3. The van der Waals surface area contributed by atoms with Gasteiger partial charge in [-0.1, -0.05) is 29.8 Å². The monoisotopic (exact) mass is 607 g/mol. The topological polar surface area (TPSA) is 94.5 Å². The summed E-state index contributed by atoms with van der Waals surface area (Å²) in [5.41, 5.74) is 2.99. The van der Waals surface area contributed by atoms with Gasteiger partial charge in [-0.05, 0) is 73.2 Å². The number of hydrogen-bond acceptors (Lipinski definition) is 6. The lowest BCUT2D eigenvalue weighted by atomic mass is 9.92. The van der Waals surface area contributed by atoms with Gasteiger partial charge in [0.1, 0.15) is 24.4 Å². The molecule has 3 heterocycles. The Morgan fingerprint density at radius 3 is 2.79 bits per heavy atom. The van der Waals surface area contributed by atoms with Crippen molar-refractivity contribution < 1.29 is 19.0 Å². The van der Waals surface area contributed by atoms with E-state index in [2.05, 4.69) is 27.2 Å². The molecule has 9 nitrogen and oxygen atoms in total. The molecular formula is C31H31Cl2N5O4. The van der Waals surface area contributed by atoms with Crippen LogP contribution in [0.5, 0.6) is 17.2 Å². The number of carbonyl (C=O) groups is 1. The van der Waals surface area contributed by atoms with Gasteiger partial charge < -0.3 is 19.2 Å². The highest BCUT2D eigenvalue weighted by atomic mass is 35.5. The van der Waals surface area contributed by atoms with E-state index in [0.29, 0.717) is 41.8 Å². The number of benzene rings is 2. The number of hydrogen-bond donors (Lipinski definition) is 1. The Bertz CT molecular complexity index is 1670. The quantitative estimate of drug-likeness (QED) is 0.216. The number of nitrogens with zero attached hydrogens (tertiary/aromatic N) is 4. The first-order chi connectivity index (χ1) is 20.5. The molecule has 0 spiro atoms. The Balaban J connectivity index is 1.30. The highest BCUT2D eigenvalue weighted by Crippen LogP contribution is 2.38. The van der Waals surface area contributed by atoms with Crippen molar-refractivity contribution in [3.05, 3.63) is 87.5 Å². The number of aromatic amines is 1. The lowest BCUT2D eigenvalue weighted by Gasteiger charge is -2.35. The van der Waals surface area contributed by atoms with Crippen LogP contribution in [0.1, 0.15) is 42.1 Å². The van der Waals surface area contributed by atoms with Crippen molar-refractivity contribution in [3.63, 3.8) is 0 Å². The summed E-state index contributed by atoms with van der Waals surface area (Å²) in [6.07, 6.45) is 10.2. The maximum absolute atomic E-state index is 13.6. The molecule has 1 aliphatic heterocycles.